The summed E-state index contributed by atoms with van der Waals surface area (Å²) in [5.74, 6) is 0.656. The highest BCUT2D eigenvalue weighted by Gasteiger charge is 2.04. The van der Waals surface area contributed by atoms with Gasteiger partial charge in [0.15, 0.2) is 0 Å². The summed E-state index contributed by atoms with van der Waals surface area (Å²) in [5, 5.41) is 3.78. The predicted molar refractivity (Wildman–Crippen MR) is 87.6 cm³/mol. The van der Waals surface area contributed by atoms with Crippen LogP contribution in [0.25, 0.3) is 0 Å². The lowest BCUT2D eigenvalue weighted by atomic mass is 10.2. The topological polar surface area (TPSA) is 50.9 Å². The second-order valence-electron chi connectivity index (χ2n) is 3.54. The van der Waals surface area contributed by atoms with Crippen LogP contribution in [0.4, 0.5) is 11.5 Å². The van der Waals surface area contributed by atoms with E-state index in [1.54, 1.807) is 18.3 Å². The molecule has 0 spiro atoms. The Labute approximate surface area is 129 Å². The molecule has 2 aromatic rings. The lowest BCUT2D eigenvalue weighted by molar-refractivity contribution is 1.30. The molecule has 0 aliphatic heterocycles. The van der Waals surface area contributed by atoms with Crippen molar-refractivity contribution in [1.29, 1.82) is 0 Å². The lowest BCUT2D eigenvalue weighted by Gasteiger charge is -2.08. The van der Waals surface area contributed by atoms with Crippen LogP contribution in [0, 0.1) is 3.57 Å². The Morgan fingerprint density at radius 2 is 2.11 bits per heavy atom. The number of nitrogens with two attached hydrogens (primary N) is 1. The molecule has 6 heteroatoms. The average molecular weight is 390 g/mol. The first-order chi connectivity index (χ1) is 8.56. The quantitative estimate of drug-likeness (QED) is 0.620. The smallest absolute Gasteiger partial charge is 0.131 e. The van der Waals surface area contributed by atoms with Crippen LogP contribution < -0.4 is 11.1 Å². The highest BCUT2D eigenvalue weighted by atomic mass is 127. The van der Waals surface area contributed by atoms with E-state index in [0.29, 0.717) is 15.8 Å². The number of benzene rings is 1. The average Bonchev–Trinajstić information content (AvgIpc) is 2.33. The highest BCUT2D eigenvalue weighted by molar-refractivity contribution is 14.1. The zero-order chi connectivity index (χ0) is 13.1. The molecule has 0 unspecified atom stereocenters. The summed E-state index contributed by atoms with van der Waals surface area (Å²) in [6, 6.07) is 9.30. The second-order valence-corrected chi connectivity index (χ2v) is 5.64. The molecule has 18 heavy (non-hydrogen) atoms. The summed E-state index contributed by atoms with van der Waals surface area (Å²) < 4.78 is 1.08. The van der Waals surface area contributed by atoms with Crippen molar-refractivity contribution in [2.45, 2.75) is 0 Å². The molecule has 1 aromatic carbocycles. The van der Waals surface area contributed by atoms with Crippen molar-refractivity contribution < 1.29 is 0 Å². The van der Waals surface area contributed by atoms with Crippen LogP contribution >= 0.6 is 46.4 Å². The molecule has 92 valence electrons. The van der Waals surface area contributed by atoms with Crippen LogP contribution in [0.5, 0.6) is 0 Å². The van der Waals surface area contributed by atoms with E-state index in [1.807, 2.05) is 18.2 Å². The van der Waals surface area contributed by atoms with E-state index < -0.39 is 0 Å². The summed E-state index contributed by atoms with van der Waals surface area (Å²) in [4.78, 5) is 4.54. The molecule has 3 N–H and O–H groups in total. The Kier molecular flexibility index (Phi) is 4.36. The fourth-order valence-electron chi connectivity index (χ4n) is 1.38. The van der Waals surface area contributed by atoms with Gasteiger partial charge in [-0.3, -0.25) is 0 Å². The van der Waals surface area contributed by atoms with Gasteiger partial charge in [0.2, 0.25) is 0 Å². The molecule has 3 nitrogen and oxygen atoms in total. The molecule has 0 saturated carbocycles. The number of rotatable bonds is 3. The Balaban J connectivity index is 2.28. The molecule has 2 rings (SSSR count). The molecule has 0 atom stereocenters. The molecule has 0 aliphatic rings. The number of thiocarbonyl (C=S) groups is 1. The van der Waals surface area contributed by atoms with E-state index in [2.05, 4.69) is 32.9 Å². The van der Waals surface area contributed by atoms with Crippen LogP contribution in [0.15, 0.2) is 36.5 Å². The zero-order valence-corrected chi connectivity index (χ0v) is 12.9. The SMILES string of the molecule is NC(=S)c1ccnc(Nc2ccc(I)cc2Cl)c1. The van der Waals surface area contributed by atoms with Gasteiger partial charge in [0, 0.05) is 15.3 Å². The van der Waals surface area contributed by atoms with Crippen molar-refractivity contribution in [1.82, 2.24) is 4.98 Å². The third-order valence-electron chi connectivity index (χ3n) is 2.24. The standard InChI is InChI=1S/C12H9ClIN3S/c13-9-6-8(14)1-2-10(9)17-11-5-7(12(15)18)3-4-16-11/h1-6H,(H2,15,18)(H,16,17). The molecule has 0 radical (unpaired) electrons. The first-order valence-electron chi connectivity index (χ1n) is 5.04. The van der Waals surface area contributed by atoms with Gasteiger partial charge in [-0.15, -0.1) is 0 Å². The number of nitrogens with zero attached hydrogens (tertiary/aromatic N) is 1. The van der Waals surface area contributed by atoms with E-state index in [-0.39, 0.29) is 0 Å². The molecule has 0 fully saturated rings. The highest BCUT2D eigenvalue weighted by Crippen LogP contribution is 2.26. The van der Waals surface area contributed by atoms with Crippen LogP contribution in [0.3, 0.4) is 0 Å². The first-order valence-corrected chi connectivity index (χ1v) is 6.90. The van der Waals surface area contributed by atoms with Gasteiger partial charge in [-0.25, -0.2) is 4.98 Å². The maximum absolute atomic E-state index is 6.14. The molecule has 0 bridgehead atoms. The minimum atomic E-state index is 0.342. The molecule has 1 aromatic heterocycles. The summed E-state index contributed by atoms with van der Waals surface area (Å²) >= 11 is 13.3. The van der Waals surface area contributed by atoms with Crippen molar-refractivity contribution in [2.24, 2.45) is 5.73 Å². The van der Waals surface area contributed by atoms with Gasteiger partial charge >= 0.3 is 0 Å². The van der Waals surface area contributed by atoms with E-state index >= 15 is 0 Å². The Hall–Kier alpha value is -0.920. The molecule has 0 aliphatic carbocycles. The number of aromatic nitrogens is 1. The van der Waals surface area contributed by atoms with Crippen molar-refractivity contribution in [3.63, 3.8) is 0 Å². The van der Waals surface area contributed by atoms with E-state index in [4.69, 9.17) is 29.6 Å². The normalized spacial score (nSPS) is 10.1. The molecular weight excluding hydrogens is 381 g/mol. The van der Waals surface area contributed by atoms with Crippen LogP contribution in [-0.4, -0.2) is 9.97 Å². The van der Waals surface area contributed by atoms with Crippen molar-refractivity contribution in [3.8, 4) is 0 Å². The third-order valence-corrected chi connectivity index (χ3v) is 3.46. The maximum Gasteiger partial charge on any atom is 0.131 e. The minimum Gasteiger partial charge on any atom is -0.389 e. The Bertz CT molecular complexity index is 604. The van der Waals surface area contributed by atoms with Crippen molar-refractivity contribution >= 4 is 62.9 Å². The van der Waals surface area contributed by atoms with Crippen LogP contribution in [-0.2, 0) is 0 Å². The minimum absolute atomic E-state index is 0.342. The van der Waals surface area contributed by atoms with E-state index in [0.717, 1.165) is 14.8 Å². The largest absolute Gasteiger partial charge is 0.389 e. The number of pyridine rings is 1. The van der Waals surface area contributed by atoms with Crippen molar-refractivity contribution in [2.75, 3.05) is 5.32 Å². The van der Waals surface area contributed by atoms with E-state index in [1.165, 1.54) is 0 Å². The fraction of sp³-hybridized carbons (Fsp3) is 0. The predicted octanol–water partition coefficient (Wildman–Crippen LogP) is 3.72. The summed E-state index contributed by atoms with van der Waals surface area (Å²) in [6.07, 6.45) is 1.65. The Morgan fingerprint density at radius 1 is 1.33 bits per heavy atom. The summed E-state index contributed by atoms with van der Waals surface area (Å²) in [7, 11) is 0. The monoisotopic (exact) mass is 389 g/mol. The number of hydrogen-bond donors (Lipinski definition) is 2. The summed E-state index contributed by atoms with van der Waals surface area (Å²) in [6.45, 7) is 0. The molecular formula is C12H9ClIN3S. The number of hydrogen-bond acceptors (Lipinski definition) is 3. The Morgan fingerprint density at radius 3 is 2.78 bits per heavy atom. The number of halogens is 2. The van der Waals surface area contributed by atoms with Gasteiger partial charge in [-0.05, 0) is 52.9 Å². The third kappa shape index (κ3) is 3.30. The van der Waals surface area contributed by atoms with Gasteiger partial charge < -0.3 is 11.1 Å². The molecule has 0 amide bonds. The van der Waals surface area contributed by atoms with Crippen molar-refractivity contribution in [3.05, 3.63) is 50.7 Å². The molecule has 1 heterocycles. The van der Waals surface area contributed by atoms with Gasteiger partial charge in [0.25, 0.3) is 0 Å². The number of nitrogens with one attached hydrogen (secondary N) is 1. The maximum atomic E-state index is 6.14. The van der Waals surface area contributed by atoms with Crippen LogP contribution in [0.2, 0.25) is 5.02 Å². The van der Waals surface area contributed by atoms with Gasteiger partial charge in [0.1, 0.15) is 10.8 Å². The van der Waals surface area contributed by atoms with Gasteiger partial charge in [0.05, 0.1) is 10.7 Å². The number of anilines is 2. The van der Waals surface area contributed by atoms with E-state index in [9.17, 15) is 0 Å². The first kappa shape index (κ1) is 13.5. The van der Waals surface area contributed by atoms with Crippen LogP contribution in [0.1, 0.15) is 5.56 Å². The van der Waals surface area contributed by atoms with Gasteiger partial charge in [-0.1, -0.05) is 23.8 Å². The lowest BCUT2D eigenvalue weighted by Crippen LogP contribution is -2.09. The fourth-order valence-corrected chi connectivity index (χ4v) is 2.41. The summed E-state index contributed by atoms with van der Waals surface area (Å²) in [5.41, 5.74) is 7.14. The zero-order valence-electron chi connectivity index (χ0n) is 9.15. The second kappa shape index (κ2) is 5.81. The van der Waals surface area contributed by atoms with Gasteiger partial charge in [-0.2, -0.15) is 0 Å². The molecule has 0 saturated heterocycles.